The highest BCUT2D eigenvalue weighted by atomic mass is 16.5. The third kappa shape index (κ3) is 4.01. The molecule has 28 heavy (non-hydrogen) atoms. The average Bonchev–Trinajstić information content (AvgIpc) is 3.09. The molecule has 3 aromatic rings. The largest absolute Gasteiger partial charge is 0.496 e. The van der Waals surface area contributed by atoms with Gasteiger partial charge >= 0.3 is 0 Å². The summed E-state index contributed by atoms with van der Waals surface area (Å²) in [4.78, 5) is 13.0. The Hall–Kier alpha value is -3.28. The molecule has 3 rings (SSSR count). The van der Waals surface area contributed by atoms with Gasteiger partial charge < -0.3 is 14.8 Å². The highest BCUT2D eigenvalue weighted by Gasteiger charge is 2.22. The predicted octanol–water partition coefficient (Wildman–Crippen LogP) is 4.54. The number of amides is 1. The zero-order chi connectivity index (χ0) is 20.1. The van der Waals surface area contributed by atoms with Gasteiger partial charge in [-0.15, -0.1) is 0 Å². The number of para-hydroxylation sites is 2. The molecule has 0 aliphatic rings. The SMILES string of the molecule is COc1ccccc1C(=O)Nc1c(-c2ccccc2OC)n[nH]c1CC(C)C. The summed E-state index contributed by atoms with van der Waals surface area (Å²) < 4.78 is 10.8. The Kier molecular flexibility index (Phi) is 5.99. The molecule has 2 aromatic carbocycles. The first-order chi connectivity index (χ1) is 13.5. The molecule has 0 fully saturated rings. The molecule has 1 heterocycles. The standard InChI is InChI=1S/C22H25N3O3/c1-14(2)13-17-21(23-22(26)16-10-6-8-12-19(16)28-4)20(25-24-17)15-9-5-7-11-18(15)27-3/h5-12,14H,13H2,1-4H3,(H,23,26)(H,24,25). The maximum absolute atomic E-state index is 13.0. The second kappa shape index (κ2) is 8.61. The lowest BCUT2D eigenvalue weighted by Gasteiger charge is -2.13. The summed E-state index contributed by atoms with van der Waals surface area (Å²) in [6, 6.07) is 14.8. The number of carbonyl (C=O) groups excluding carboxylic acids is 1. The summed E-state index contributed by atoms with van der Waals surface area (Å²) in [5, 5.41) is 10.6. The van der Waals surface area contributed by atoms with Crippen molar-refractivity contribution >= 4 is 11.6 Å². The molecule has 1 amide bonds. The molecule has 0 aliphatic carbocycles. The van der Waals surface area contributed by atoms with Gasteiger partial charge in [0.1, 0.15) is 17.2 Å². The number of rotatable bonds is 7. The van der Waals surface area contributed by atoms with Gasteiger partial charge in [-0.2, -0.15) is 5.10 Å². The number of aromatic nitrogens is 2. The number of H-pyrrole nitrogens is 1. The third-order valence-electron chi connectivity index (χ3n) is 4.41. The minimum Gasteiger partial charge on any atom is -0.496 e. The van der Waals surface area contributed by atoms with Crippen molar-refractivity contribution in [3.8, 4) is 22.8 Å². The molecule has 0 saturated carbocycles. The first-order valence-electron chi connectivity index (χ1n) is 9.20. The third-order valence-corrected chi connectivity index (χ3v) is 4.41. The number of hydrogen-bond acceptors (Lipinski definition) is 4. The van der Waals surface area contributed by atoms with E-state index in [0.717, 1.165) is 17.7 Å². The number of ether oxygens (including phenoxy) is 2. The Balaban J connectivity index is 2.05. The summed E-state index contributed by atoms with van der Waals surface area (Å²) in [6.07, 6.45) is 0.754. The molecule has 1 aromatic heterocycles. The van der Waals surface area contributed by atoms with Crippen molar-refractivity contribution in [2.75, 3.05) is 19.5 Å². The molecule has 0 spiro atoms. The number of nitrogens with zero attached hydrogens (tertiary/aromatic N) is 1. The second-order valence-electron chi connectivity index (χ2n) is 6.88. The molecular weight excluding hydrogens is 354 g/mol. The fraction of sp³-hybridized carbons (Fsp3) is 0.273. The van der Waals surface area contributed by atoms with Crippen LogP contribution in [0.4, 0.5) is 5.69 Å². The minimum absolute atomic E-state index is 0.250. The zero-order valence-corrected chi connectivity index (χ0v) is 16.6. The molecule has 146 valence electrons. The van der Waals surface area contributed by atoms with Crippen molar-refractivity contribution in [3.05, 3.63) is 59.8 Å². The van der Waals surface area contributed by atoms with Crippen molar-refractivity contribution in [1.82, 2.24) is 10.2 Å². The lowest BCUT2D eigenvalue weighted by atomic mass is 10.0. The van der Waals surface area contributed by atoms with Gasteiger partial charge in [0.2, 0.25) is 0 Å². The molecule has 0 atom stereocenters. The normalized spacial score (nSPS) is 10.8. The summed E-state index contributed by atoms with van der Waals surface area (Å²) >= 11 is 0. The van der Waals surface area contributed by atoms with E-state index in [1.54, 1.807) is 26.4 Å². The Morgan fingerprint density at radius 3 is 2.36 bits per heavy atom. The molecule has 0 saturated heterocycles. The van der Waals surface area contributed by atoms with Crippen LogP contribution in [0.3, 0.4) is 0 Å². The van der Waals surface area contributed by atoms with Gasteiger partial charge in [0.25, 0.3) is 5.91 Å². The van der Waals surface area contributed by atoms with E-state index in [1.165, 1.54) is 0 Å². The van der Waals surface area contributed by atoms with Gasteiger partial charge in [-0.1, -0.05) is 38.1 Å². The molecule has 0 unspecified atom stereocenters. The summed E-state index contributed by atoms with van der Waals surface area (Å²) in [6.45, 7) is 4.24. The molecule has 6 nitrogen and oxygen atoms in total. The van der Waals surface area contributed by atoms with Crippen LogP contribution in [0.5, 0.6) is 11.5 Å². The molecule has 2 N–H and O–H groups in total. The Morgan fingerprint density at radius 2 is 1.68 bits per heavy atom. The van der Waals surface area contributed by atoms with Crippen molar-refractivity contribution in [2.45, 2.75) is 20.3 Å². The molecule has 6 heteroatoms. The second-order valence-corrected chi connectivity index (χ2v) is 6.88. The van der Waals surface area contributed by atoms with Gasteiger partial charge in [-0.25, -0.2) is 0 Å². The first-order valence-corrected chi connectivity index (χ1v) is 9.20. The van der Waals surface area contributed by atoms with Crippen LogP contribution in [0.1, 0.15) is 29.9 Å². The van der Waals surface area contributed by atoms with Crippen molar-refractivity contribution in [3.63, 3.8) is 0 Å². The van der Waals surface area contributed by atoms with Crippen LogP contribution in [-0.2, 0) is 6.42 Å². The van der Waals surface area contributed by atoms with Crippen LogP contribution in [0, 0.1) is 5.92 Å². The van der Waals surface area contributed by atoms with Crippen LogP contribution in [0.15, 0.2) is 48.5 Å². The lowest BCUT2D eigenvalue weighted by Crippen LogP contribution is -2.15. The van der Waals surface area contributed by atoms with E-state index in [1.807, 2.05) is 36.4 Å². The minimum atomic E-state index is -0.250. The highest BCUT2D eigenvalue weighted by molar-refractivity contribution is 6.08. The van der Waals surface area contributed by atoms with E-state index in [-0.39, 0.29) is 5.91 Å². The average molecular weight is 379 g/mol. The zero-order valence-electron chi connectivity index (χ0n) is 16.6. The quantitative estimate of drug-likeness (QED) is 0.632. The van der Waals surface area contributed by atoms with Crippen molar-refractivity contribution in [2.24, 2.45) is 5.92 Å². The first kappa shape index (κ1) is 19.5. The number of methoxy groups -OCH3 is 2. The van der Waals surface area contributed by atoms with Gasteiger partial charge in [-0.3, -0.25) is 9.89 Å². The predicted molar refractivity (Wildman–Crippen MR) is 110 cm³/mol. The maximum atomic E-state index is 13.0. The topological polar surface area (TPSA) is 76.2 Å². The van der Waals surface area contributed by atoms with Crippen molar-refractivity contribution in [1.29, 1.82) is 0 Å². The summed E-state index contributed by atoms with van der Waals surface area (Å²) in [7, 11) is 3.17. The van der Waals surface area contributed by atoms with Gasteiger partial charge in [0.15, 0.2) is 0 Å². The van der Waals surface area contributed by atoms with E-state index >= 15 is 0 Å². The monoisotopic (exact) mass is 379 g/mol. The number of benzene rings is 2. The number of carbonyl (C=O) groups is 1. The number of nitrogens with one attached hydrogen (secondary N) is 2. The Labute approximate surface area is 164 Å². The van der Waals surface area contributed by atoms with Crippen molar-refractivity contribution < 1.29 is 14.3 Å². The molecule has 0 bridgehead atoms. The smallest absolute Gasteiger partial charge is 0.259 e. The maximum Gasteiger partial charge on any atom is 0.259 e. The van der Waals surface area contributed by atoms with Gasteiger partial charge in [0.05, 0.1) is 31.2 Å². The molecule has 0 aliphatic heterocycles. The number of aromatic amines is 1. The van der Waals surface area contributed by atoms with E-state index in [0.29, 0.717) is 34.4 Å². The van der Waals surface area contributed by atoms with E-state index in [9.17, 15) is 4.79 Å². The Bertz CT molecular complexity index is 963. The molecular formula is C22H25N3O3. The van der Waals surface area contributed by atoms with Crippen LogP contribution in [0.25, 0.3) is 11.3 Å². The van der Waals surface area contributed by atoms with Crippen LogP contribution < -0.4 is 14.8 Å². The summed E-state index contributed by atoms with van der Waals surface area (Å²) in [5.41, 5.74) is 3.46. The van der Waals surface area contributed by atoms with Crippen LogP contribution in [-0.4, -0.2) is 30.3 Å². The highest BCUT2D eigenvalue weighted by Crippen LogP contribution is 2.36. The molecule has 0 radical (unpaired) electrons. The number of hydrogen-bond donors (Lipinski definition) is 2. The number of anilines is 1. The summed E-state index contributed by atoms with van der Waals surface area (Å²) in [5.74, 6) is 1.36. The fourth-order valence-corrected chi connectivity index (χ4v) is 3.12. The fourth-order valence-electron chi connectivity index (χ4n) is 3.12. The van der Waals surface area contributed by atoms with E-state index in [2.05, 4.69) is 29.4 Å². The van der Waals surface area contributed by atoms with Crippen LogP contribution in [0.2, 0.25) is 0 Å². The lowest BCUT2D eigenvalue weighted by molar-refractivity contribution is 0.102. The van der Waals surface area contributed by atoms with Crippen LogP contribution >= 0.6 is 0 Å². The Morgan fingerprint density at radius 1 is 1.04 bits per heavy atom. The van der Waals surface area contributed by atoms with E-state index in [4.69, 9.17) is 9.47 Å². The van der Waals surface area contributed by atoms with Gasteiger partial charge in [0, 0.05) is 5.56 Å². The van der Waals surface area contributed by atoms with E-state index < -0.39 is 0 Å². The van der Waals surface area contributed by atoms with Gasteiger partial charge in [-0.05, 0) is 36.6 Å².